The maximum absolute atomic E-state index is 11.9. The van der Waals surface area contributed by atoms with Crippen LogP contribution < -0.4 is 10.6 Å². The van der Waals surface area contributed by atoms with E-state index < -0.39 is 5.60 Å². The summed E-state index contributed by atoms with van der Waals surface area (Å²) in [4.78, 5) is 19.7. The molecule has 0 aliphatic heterocycles. The highest BCUT2D eigenvalue weighted by Crippen LogP contribution is 2.20. The first-order valence-electron chi connectivity index (χ1n) is 9.71. The van der Waals surface area contributed by atoms with Gasteiger partial charge in [0.25, 0.3) is 0 Å². The highest BCUT2D eigenvalue weighted by molar-refractivity contribution is 5.68. The lowest BCUT2D eigenvalue weighted by molar-refractivity contribution is 0.0489. The lowest BCUT2D eigenvalue weighted by Crippen LogP contribution is -2.43. The first-order valence-corrected chi connectivity index (χ1v) is 9.71. The van der Waals surface area contributed by atoms with E-state index in [4.69, 9.17) is 4.74 Å². The molecule has 0 bridgehead atoms. The van der Waals surface area contributed by atoms with Gasteiger partial charge in [-0.05, 0) is 46.5 Å². The minimum atomic E-state index is -0.453. The van der Waals surface area contributed by atoms with E-state index in [1.807, 2.05) is 45.2 Å². The Labute approximate surface area is 161 Å². The van der Waals surface area contributed by atoms with Crippen LogP contribution in [0, 0.1) is 0 Å². The van der Waals surface area contributed by atoms with Crippen LogP contribution >= 0.6 is 0 Å². The Morgan fingerprint density at radius 1 is 1.15 bits per heavy atom. The van der Waals surface area contributed by atoms with Crippen LogP contribution in [0.1, 0.15) is 52.1 Å². The number of hydrogen-bond acceptors (Lipinski definition) is 4. The first-order chi connectivity index (χ1) is 12.9. The average molecular weight is 370 g/mol. The van der Waals surface area contributed by atoms with Crippen molar-refractivity contribution < 1.29 is 9.53 Å². The minimum Gasteiger partial charge on any atom is -0.444 e. The molecule has 0 unspecified atom stereocenters. The van der Waals surface area contributed by atoms with Gasteiger partial charge in [-0.15, -0.1) is 0 Å². The average Bonchev–Trinajstić information content (AvgIpc) is 3.09. The van der Waals surface area contributed by atoms with Gasteiger partial charge in [0.15, 0.2) is 0 Å². The summed E-state index contributed by atoms with van der Waals surface area (Å²) in [5, 5.41) is 6.59. The number of ether oxygens (including phenoxy) is 1. The van der Waals surface area contributed by atoms with Crippen LogP contribution in [-0.4, -0.2) is 33.7 Å². The molecule has 6 heteroatoms. The van der Waals surface area contributed by atoms with Crippen LogP contribution in [-0.2, 0) is 11.3 Å². The number of rotatable bonds is 5. The van der Waals surface area contributed by atoms with Gasteiger partial charge in [0.05, 0.1) is 0 Å². The van der Waals surface area contributed by atoms with Crippen molar-refractivity contribution in [3.63, 3.8) is 0 Å². The van der Waals surface area contributed by atoms with Crippen molar-refractivity contribution in [3.05, 3.63) is 42.2 Å². The number of amides is 1. The number of nitrogens with one attached hydrogen (secondary N) is 3. The zero-order valence-corrected chi connectivity index (χ0v) is 16.4. The van der Waals surface area contributed by atoms with Crippen molar-refractivity contribution >= 4 is 6.09 Å². The predicted molar refractivity (Wildman–Crippen MR) is 106 cm³/mol. The van der Waals surface area contributed by atoms with Crippen molar-refractivity contribution in [1.29, 1.82) is 0 Å². The summed E-state index contributed by atoms with van der Waals surface area (Å²) in [6.07, 6.45) is 5.60. The number of aromatic amines is 1. The van der Waals surface area contributed by atoms with Crippen LogP contribution in [0.25, 0.3) is 11.4 Å². The lowest BCUT2D eigenvalue weighted by atomic mass is 9.91. The third kappa shape index (κ3) is 6.10. The molecule has 2 aromatic rings. The second-order valence-corrected chi connectivity index (χ2v) is 8.20. The number of hydrogen-bond donors (Lipinski definition) is 3. The first kappa shape index (κ1) is 19.4. The molecule has 1 aromatic carbocycles. The summed E-state index contributed by atoms with van der Waals surface area (Å²) >= 11 is 0. The van der Waals surface area contributed by atoms with Crippen LogP contribution in [0.4, 0.5) is 4.79 Å². The Morgan fingerprint density at radius 3 is 2.48 bits per heavy atom. The number of H-pyrrole nitrogens is 1. The Balaban J connectivity index is 1.40. The summed E-state index contributed by atoms with van der Waals surface area (Å²) in [6.45, 7) is 6.42. The topological polar surface area (TPSA) is 79.0 Å². The molecule has 6 nitrogen and oxygen atoms in total. The third-order valence-corrected chi connectivity index (χ3v) is 4.70. The van der Waals surface area contributed by atoms with Gasteiger partial charge in [-0.2, -0.15) is 0 Å². The number of alkyl carbamates (subject to hydrolysis) is 1. The van der Waals surface area contributed by atoms with Crippen molar-refractivity contribution in [2.75, 3.05) is 0 Å². The van der Waals surface area contributed by atoms with Gasteiger partial charge in [0.1, 0.15) is 11.4 Å². The van der Waals surface area contributed by atoms with Crippen LogP contribution in [0.3, 0.4) is 0 Å². The summed E-state index contributed by atoms with van der Waals surface area (Å²) in [5.74, 6) is 0.901. The van der Waals surface area contributed by atoms with Crippen molar-refractivity contribution in [1.82, 2.24) is 20.6 Å². The van der Waals surface area contributed by atoms with E-state index in [1.165, 1.54) is 0 Å². The molecule has 1 saturated carbocycles. The second kappa shape index (κ2) is 8.57. The van der Waals surface area contributed by atoms with E-state index in [2.05, 4.69) is 32.7 Å². The molecule has 0 radical (unpaired) electrons. The van der Waals surface area contributed by atoms with Crippen molar-refractivity contribution in [2.45, 2.75) is 70.7 Å². The molecule has 0 spiro atoms. The molecular weight excluding hydrogens is 340 g/mol. The third-order valence-electron chi connectivity index (χ3n) is 4.70. The lowest BCUT2D eigenvalue weighted by Gasteiger charge is -2.30. The molecule has 1 aliphatic rings. The second-order valence-electron chi connectivity index (χ2n) is 8.20. The van der Waals surface area contributed by atoms with E-state index in [-0.39, 0.29) is 12.1 Å². The van der Waals surface area contributed by atoms with Crippen LogP contribution in [0.15, 0.2) is 36.5 Å². The predicted octanol–water partition coefficient (Wildman–Crippen LogP) is 4.00. The number of nitrogens with zero attached hydrogens (tertiary/aromatic N) is 1. The molecule has 1 aliphatic carbocycles. The summed E-state index contributed by atoms with van der Waals surface area (Å²) in [7, 11) is 0. The summed E-state index contributed by atoms with van der Waals surface area (Å²) in [5.41, 5.74) is 1.73. The fraction of sp³-hybridized carbons (Fsp3) is 0.524. The van der Waals surface area contributed by atoms with Crippen LogP contribution in [0.2, 0.25) is 0 Å². The van der Waals surface area contributed by atoms with E-state index in [0.717, 1.165) is 49.3 Å². The fourth-order valence-corrected chi connectivity index (χ4v) is 3.36. The van der Waals surface area contributed by atoms with Gasteiger partial charge < -0.3 is 20.4 Å². The monoisotopic (exact) mass is 370 g/mol. The maximum Gasteiger partial charge on any atom is 0.407 e. The zero-order chi connectivity index (χ0) is 19.3. The molecular formula is C21H30N4O2. The molecule has 27 heavy (non-hydrogen) atoms. The summed E-state index contributed by atoms with van der Waals surface area (Å²) < 4.78 is 5.33. The Kier molecular flexibility index (Phi) is 6.16. The van der Waals surface area contributed by atoms with E-state index in [0.29, 0.717) is 6.04 Å². The quantitative estimate of drug-likeness (QED) is 0.743. The number of benzene rings is 1. The molecule has 146 valence electrons. The van der Waals surface area contributed by atoms with E-state index in [9.17, 15) is 4.79 Å². The fourth-order valence-electron chi connectivity index (χ4n) is 3.36. The normalized spacial score (nSPS) is 20.3. The van der Waals surface area contributed by atoms with Gasteiger partial charge in [-0.3, -0.25) is 0 Å². The Bertz CT molecular complexity index is 728. The summed E-state index contributed by atoms with van der Waals surface area (Å²) in [6, 6.07) is 10.8. The maximum atomic E-state index is 11.9. The van der Waals surface area contributed by atoms with Crippen LogP contribution in [0.5, 0.6) is 0 Å². The highest BCUT2D eigenvalue weighted by Gasteiger charge is 2.24. The van der Waals surface area contributed by atoms with Crippen molar-refractivity contribution in [3.8, 4) is 11.4 Å². The number of carbonyl (C=O) groups excluding carboxylic acids is 1. The molecule has 1 aromatic heterocycles. The molecule has 0 saturated heterocycles. The van der Waals surface area contributed by atoms with E-state index in [1.54, 1.807) is 0 Å². The standard InChI is InChI=1S/C21H30N4O2/c1-21(2,3)27-20(26)25-17-11-9-16(10-12-17)22-13-18-14-23-19(24-18)15-7-5-4-6-8-15/h4-8,14,16-17,22H,9-13H2,1-3H3,(H,23,24)(H,25,26). The highest BCUT2D eigenvalue weighted by atomic mass is 16.6. The molecule has 1 heterocycles. The van der Waals surface area contributed by atoms with Gasteiger partial charge in [0, 0.05) is 36.1 Å². The molecule has 0 atom stereocenters. The van der Waals surface area contributed by atoms with E-state index >= 15 is 0 Å². The number of carbonyl (C=O) groups is 1. The zero-order valence-electron chi connectivity index (χ0n) is 16.4. The number of imidazole rings is 1. The molecule has 1 amide bonds. The SMILES string of the molecule is CC(C)(C)OC(=O)NC1CCC(NCc2cnc(-c3ccccc3)[nH]2)CC1. The Morgan fingerprint density at radius 2 is 1.81 bits per heavy atom. The van der Waals surface area contributed by atoms with Gasteiger partial charge in [0.2, 0.25) is 0 Å². The van der Waals surface area contributed by atoms with Crippen molar-refractivity contribution in [2.24, 2.45) is 0 Å². The smallest absolute Gasteiger partial charge is 0.407 e. The minimum absolute atomic E-state index is 0.203. The van der Waals surface area contributed by atoms with Gasteiger partial charge in [-0.1, -0.05) is 30.3 Å². The Hall–Kier alpha value is -2.34. The molecule has 3 rings (SSSR count). The number of aromatic nitrogens is 2. The molecule has 3 N–H and O–H groups in total. The largest absolute Gasteiger partial charge is 0.444 e. The molecule has 1 fully saturated rings. The van der Waals surface area contributed by atoms with Gasteiger partial charge in [-0.25, -0.2) is 9.78 Å². The van der Waals surface area contributed by atoms with Gasteiger partial charge >= 0.3 is 6.09 Å².